The van der Waals surface area contributed by atoms with Crippen LogP contribution in [0.15, 0.2) is 41.2 Å². The topological polar surface area (TPSA) is 74.4 Å². The first-order valence-electron chi connectivity index (χ1n) is 9.33. The molecule has 3 aromatic rings. The zero-order chi connectivity index (χ0) is 21.4. The molecule has 1 aliphatic rings. The number of carbonyl (C=O) groups excluding carboxylic acids is 1. The van der Waals surface area contributed by atoms with Gasteiger partial charge in [-0.1, -0.05) is 11.6 Å². The minimum atomic E-state index is -0.589. The molecule has 0 fully saturated rings. The molecule has 0 aliphatic carbocycles. The molecule has 1 atom stereocenters. The van der Waals surface area contributed by atoms with Gasteiger partial charge in [0.2, 0.25) is 0 Å². The Bertz CT molecular complexity index is 1200. The SMILES string of the molecule is CCN(C(=O)Nc1ccc(F)c(Cl)c1)C1COCc2[nH]c(=O)c3ccc(F)cc3c21. The number of fused-ring (bicyclic) bond motifs is 3. The van der Waals surface area contributed by atoms with E-state index in [1.807, 2.05) is 0 Å². The van der Waals surface area contributed by atoms with Crippen molar-refractivity contribution in [3.8, 4) is 0 Å². The van der Waals surface area contributed by atoms with E-state index in [1.165, 1.54) is 35.2 Å². The van der Waals surface area contributed by atoms with Crippen molar-refractivity contribution in [1.82, 2.24) is 9.88 Å². The lowest BCUT2D eigenvalue weighted by Crippen LogP contribution is -2.42. The number of hydrogen-bond acceptors (Lipinski definition) is 3. The van der Waals surface area contributed by atoms with Gasteiger partial charge < -0.3 is 19.9 Å². The normalized spacial score (nSPS) is 15.7. The number of pyridine rings is 1. The van der Waals surface area contributed by atoms with Crippen LogP contribution in [0, 0.1) is 11.6 Å². The number of anilines is 1. The highest BCUT2D eigenvalue weighted by atomic mass is 35.5. The Morgan fingerprint density at radius 1 is 1.27 bits per heavy atom. The van der Waals surface area contributed by atoms with Crippen LogP contribution in [0.5, 0.6) is 0 Å². The second-order valence-corrected chi connectivity index (χ2v) is 7.32. The third-order valence-electron chi connectivity index (χ3n) is 5.11. The number of benzene rings is 2. The molecule has 1 unspecified atom stereocenters. The molecule has 1 aromatic heterocycles. The van der Waals surface area contributed by atoms with Crippen molar-refractivity contribution in [3.05, 3.63) is 74.7 Å². The van der Waals surface area contributed by atoms with E-state index in [1.54, 1.807) is 6.92 Å². The summed E-state index contributed by atoms with van der Waals surface area (Å²) in [5.41, 5.74) is 1.13. The number of urea groups is 1. The van der Waals surface area contributed by atoms with Gasteiger partial charge in [-0.05, 0) is 48.7 Å². The number of carbonyl (C=O) groups is 1. The summed E-state index contributed by atoms with van der Waals surface area (Å²) in [6.07, 6.45) is 0. The van der Waals surface area contributed by atoms with Gasteiger partial charge in [-0.3, -0.25) is 4.79 Å². The van der Waals surface area contributed by atoms with E-state index in [0.717, 1.165) is 6.07 Å². The number of likely N-dealkylation sites (N-methyl/N-ethyl adjacent to an activating group) is 1. The average molecular weight is 434 g/mol. The number of aromatic nitrogens is 1. The average Bonchev–Trinajstić information content (AvgIpc) is 2.71. The van der Waals surface area contributed by atoms with Gasteiger partial charge in [0.1, 0.15) is 11.6 Å². The molecule has 0 spiro atoms. The quantitative estimate of drug-likeness (QED) is 0.634. The Morgan fingerprint density at radius 2 is 2.07 bits per heavy atom. The standard InChI is InChI=1S/C21H18ClF2N3O3/c1-2-27(21(29)25-12-4-6-16(24)15(22)8-12)18-10-30-9-17-19(18)14-7-11(23)3-5-13(14)20(28)26-17/h3-8,18H,2,9-10H2,1H3,(H,25,29)(H,26,28). The van der Waals surface area contributed by atoms with Gasteiger partial charge in [0.15, 0.2) is 0 Å². The third-order valence-corrected chi connectivity index (χ3v) is 5.40. The minimum Gasteiger partial charge on any atom is -0.373 e. The van der Waals surface area contributed by atoms with Crippen molar-refractivity contribution in [2.45, 2.75) is 19.6 Å². The molecule has 0 saturated heterocycles. The lowest BCUT2D eigenvalue weighted by atomic mass is 9.95. The maximum Gasteiger partial charge on any atom is 0.322 e. The highest BCUT2D eigenvalue weighted by Gasteiger charge is 2.32. The van der Waals surface area contributed by atoms with Gasteiger partial charge in [-0.2, -0.15) is 0 Å². The highest BCUT2D eigenvalue weighted by molar-refractivity contribution is 6.31. The first-order valence-corrected chi connectivity index (χ1v) is 9.71. The Labute approximate surface area is 175 Å². The second kappa shape index (κ2) is 8.04. The summed E-state index contributed by atoms with van der Waals surface area (Å²) in [4.78, 5) is 29.7. The molecule has 9 heteroatoms. The number of nitrogens with zero attached hydrogens (tertiary/aromatic N) is 1. The Kier molecular flexibility index (Phi) is 5.44. The lowest BCUT2D eigenvalue weighted by Gasteiger charge is -2.35. The monoisotopic (exact) mass is 433 g/mol. The van der Waals surface area contributed by atoms with Crippen LogP contribution < -0.4 is 10.9 Å². The van der Waals surface area contributed by atoms with Crippen LogP contribution in [-0.2, 0) is 11.3 Å². The van der Waals surface area contributed by atoms with E-state index >= 15 is 0 Å². The molecule has 2 N–H and O–H groups in total. The minimum absolute atomic E-state index is 0.110. The van der Waals surface area contributed by atoms with E-state index in [2.05, 4.69) is 10.3 Å². The summed E-state index contributed by atoms with van der Waals surface area (Å²) in [6.45, 7) is 2.43. The van der Waals surface area contributed by atoms with Crippen LogP contribution >= 0.6 is 11.6 Å². The van der Waals surface area contributed by atoms with E-state index in [4.69, 9.17) is 16.3 Å². The largest absolute Gasteiger partial charge is 0.373 e. The van der Waals surface area contributed by atoms with Gasteiger partial charge in [-0.15, -0.1) is 0 Å². The number of nitrogens with one attached hydrogen (secondary N) is 2. The zero-order valence-electron chi connectivity index (χ0n) is 16.0. The molecule has 4 rings (SSSR count). The zero-order valence-corrected chi connectivity index (χ0v) is 16.7. The molecular formula is C21H18ClF2N3O3. The number of hydrogen-bond donors (Lipinski definition) is 2. The fourth-order valence-electron chi connectivity index (χ4n) is 3.74. The fourth-order valence-corrected chi connectivity index (χ4v) is 3.92. The fraction of sp³-hybridized carbons (Fsp3) is 0.238. The van der Waals surface area contributed by atoms with Crippen molar-refractivity contribution >= 4 is 34.1 Å². The molecule has 30 heavy (non-hydrogen) atoms. The van der Waals surface area contributed by atoms with Crippen molar-refractivity contribution < 1.29 is 18.3 Å². The molecule has 2 heterocycles. The Morgan fingerprint density at radius 3 is 2.80 bits per heavy atom. The molecule has 0 bridgehead atoms. The number of rotatable bonds is 3. The predicted molar refractivity (Wildman–Crippen MR) is 110 cm³/mol. The summed E-state index contributed by atoms with van der Waals surface area (Å²) in [6, 6.07) is 6.81. The van der Waals surface area contributed by atoms with E-state index in [9.17, 15) is 18.4 Å². The predicted octanol–water partition coefficient (Wildman–Crippen LogP) is 4.59. The number of H-pyrrole nitrogens is 1. The maximum absolute atomic E-state index is 14.0. The molecule has 2 amide bonds. The smallest absolute Gasteiger partial charge is 0.322 e. The number of halogens is 3. The van der Waals surface area contributed by atoms with Gasteiger partial charge in [0.05, 0.1) is 24.3 Å². The van der Waals surface area contributed by atoms with Gasteiger partial charge in [-0.25, -0.2) is 13.6 Å². The third kappa shape index (κ3) is 3.64. The van der Waals surface area contributed by atoms with Gasteiger partial charge >= 0.3 is 6.03 Å². The second-order valence-electron chi connectivity index (χ2n) is 6.91. The summed E-state index contributed by atoms with van der Waals surface area (Å²) in [5.74, 6) is -1.07. The van der Waals surface area contributed by atoms with Crippen molar-refractivity contribution in [2.75, 3.05) is 18.5 Å². The first kappa shape index (κ1) is 20.3. The summed E-state index contributed by atoms with van der Waals surface area (Å²) < 4.78 is 33.0. The van der Waals surface area contributed by atoms with Gasteiger partial charge in [0, 0.05) is 28.9 Å². The number of aromatic amines is 1. The maximum atomic E-state index is 14.0. The highest BCUT2D eigenvalue weighted by Crippen LogP contribution is 2.34. The van der Waals surface area contributed by atoms with Crippen molar-refractivity contribution in [1.29, 1.82) is 0 Å². The molecular weight excluding hydrogens is 416 g/mol. The van der Waals surface area contributed by atoms with E-state index in [-0.39, 0.29) is 23.8 Å². The van der Waals surface area contributed by atoms with Crippen molar-refractivity contribution in [2.24, 2.45) is 0 Å². The Hall–Kier alpha value is -2.97. The van der Waals surface area contributed by atoms with Gasteiger partial charge in [0.25, 0.3) is 5.56 Å². The molecule has 0 radical (unpaired) electrons. The summed E-state index contributed by atoms with van der Waals surface area (Å²) in [7, 11) is 0. The van der Waals surface area contributed by atoms with Crippen LogP contribution in [0.25, 0.3) is 10.8 Å². The summed E-state index contributed by atoms with van der Waals surface area (Å²) in [5, 5.41) is 3.36. The summed E-state index contributed by atoms with van der Waals surface area (Å²) >= 11 is 5.79. The number of ether oxygens (including phenoxy) is 1. The van der Waals surface area contributed by atoms with Crippen LogP contribution in [-0.4, -0.2) is 29.1 Å². The van der Waals surface area contributed by atoms with E-state index < -0.39 is 23.7 Å². The lowest BCUT2D eigenvalue weighted by molar-refractivity contribution is 0.0471. The number of amides is 2. The molecule has 156 valence electrons. The van der Waals surface area contributed by atoms with Crippen LogP contribution in [0.3, 0.4) is 0 Å². The van der Waals surface area contributed by atoms with Crippen LogP contribution in [0.2, 0.25) is 5.02 Å². The van der Waals surface area contributed by atoms with Crippen LogP contribution in [0.1, 0.15) is 24.2 Å². The van der Waals surface area contributed by atoms with E-state index in [0.29, 0.717) is 34.3 Å². The molecule has 0 saturated carbocycles. The van der Waals surface area contributed by atoms with Crippen molar-refractivity contribution in [3.63, 3.8) is 0 Å². The first-order chi connectivity index (χ1) is 14.4. The molecule has 1 aliphatic heterocycles. The Balaban J connectivity index is 1.75. The molecule has 2 aromatic carbocycles. The molecule has 6 nitrogen and oxygen atoms in total. The van der Waals surface area contributed by atoms with Crippen LogP contribution in [0.4, 0.5) is 19.3 Å².